The number of methoxy groups -OCH3 is 1. The molecule has 4 aromatic carbocycles. The van der Waals surface area contributed by atoms with Crippen molar-refractivity contribution in [1.29, 1.82) is 0 Å². The van der Waals surface area contributed by atoms with Crippen LogP contribution in [0.2, 0.25) is 0 Å². The van der Waals surface area contributed by atoms with E-state index in [4.69, 9.17) is 9.72 Å². The highest BCUT2D eigenvalue weighted by atomic mass is 16.5. The van der Waals surface area contributed by atoms with Crippen molar-refractivity contribution in [3.05, 3.63) is 96.6 Å². The van der Waals surface area contributed by atoms with Crippen molar-refractivity contribution < 1.29 is 4.74 Å². The molecule has 136 valence electrons. The van der Waals surface area contributed by atoms with E-state index in [1.165, 1.54) is 16.3 Å². The molecule has 0 atom stereocenters. The van der Waals surface area contributed by atoms with Crippen LogP contribution in [0.1, 0.15) is 5.56 Å². The summed E-state index contributed by atoms with van der Waals surface area (Å²) >= 11 is 0. The summed E-state index contributed by atoms with van der Waals surface area (Å²) in [6, 6.07) is 31.4. The summed E-state index contributed by atoms with van der Waals surface area (Å²) in [6.07, 6.45) is 0. The Morgan fingerprint density at radius 1 is 0.821 bits per heavy atom. The average Bonchev–Trinajstić information content (AvgIpc) is 3.13. The lowest BCUT2D eigenvalue weighted by Crippen LogP contribution is -2.03. The van der Waals surface area contributed by atoms with Gasteiger partial charge in [-0.3, -0.25) is 0 Å². The molecule has 0 bridgehead atoms. The molecular formula is C25H20N2O. The number of fused-ring (bicyclic) bond motifs is 2. The first kappa shape index (κ1) is 16.6. The Hall–Kier alpha value is -3.59. The summed E-state index contributed by atoms with van der Waals surface area (Å²) < 4.78 is 7.73. The first-order valence-electron chi connectivity index (χ1n) is 9.40. The first-order chi connectivity index (χ1) is 13.8. The van der Waals surface area contributed by atoms with Crippen molar-refractivity contribution in [3.63, 3.8) is 0 Å². The Bertz CT molecular complexity index is 1280. The zero-order chi connectivity index (χ0) is 18.9. The Morgan fingerprint density at radius 2 is 1.61 bits per heavy atom. The van der Waals surface area contributed by atoms with Crippen molar-refractivity contribution in [2.24, 2.45) is 0 Å². The van der Waals surface area contributed by atoms with Gasteiger partial charge >= 0.3 is 0 Å². The molecule has 0 aliphatic rings. The van der Waals surface area contributed by atoms with Gasteiger partial charge in [-0.05, 0) is 40.6 Å². The zero-order valence-electron chi connectivity index (χ0n) is 15.7. The number of imidazole rings is 1. The van der Waals surface area contributed by atoms with Gasteiger partial charge in [0.2, 0.25) is 0 Å². The van der Waals surface area contributed by atoms with E-state index in [-0.39, 0.29) is 0 Å². The van der Waals surface area contributed by atoms with Crippen molar-refractivity contribution in [2.75, 3.05) is 7.11 Å². The van der Waals surface area contributed by atoms with Crippen LogP contribution in [0.25, 0.3) is 33.2 Å². The minimum atomic E-state index is 0.758. The normalized spacial score (nSPS) is 11.2. The number of hydrogen-bond donors (Lipinski definition) is 0. The van der Waals surface area contributed by atoms with Crippen molar-refractivity contribution in [2.45, 2.75) is 6.54 Å². The summed E-state index contributed by atoms with van der Waals surface area (Å²) in [6.45, 7) is 0.758. The SMILES string of the molecule is COc1cccc(-c2nc3ccccc3n2Cc2cccc3ccccc23)c1. The molecule has 3 heteroatoms. The standard InChI is InChI=1S/C25H20N2O/c1-28-21-12-7-10-19(16-21)25-26-23-14-4-5-15-24(23)27(25)17-20-11-6-9-18-8-2-3-13-22(18)20/h2-16H,17H2,1H3. The number of rotatable bonds is 4. The Kier molecular flexibility index (Phi) is 4.06. The molecule has 5 aromatic rings. The molecule has 0 radical (unpaired) electrons. The lowest BCUT2D eigenvalue weighted by Gasteiger charge is -2.12. The van der Waals surface area contributed by atoms with E-state index >= 15 is 0 Å². The van der Waals surface area contributed by atoms with Crippen LogP contribution in [0, 0.1) is 0 Å². The number of nitrogens with zero attached hydrogens (tertiary/aromatic N) is 2. The molecule has 1 heterocycles. The van der Waals surface area contributed by atoms with Gasteiger partial charge in [-0.15, -0.1) is 0 Å². The van der Waals surface area contributed by atoms with Gasteiger partial charge in [0.05, 0.1) is 24.7 Å². The lowest BCUT2D eigenvalue weighted by molar-refractivity contribution is 0.415. The molecule has 0 saturated heterocycles. The van der Waals surface area contributed by atoms with Gasteiger partial charge < -0.3 is 9.30 Å². The minimum absolute atomic E-state index is 0.758. The van der Waals surface area contributed by atoms with Gasteiger partial charge in [0.25, 0.3) is 0 Å². The molecule has 0 saturated carbocycles. The van der Waals surface area contributed by atoms with Crippen LogP contribution in [0.15, 0.2) is 91.0 Å². The number of ether oxygens (including phenoxy) is 1. The molecule has 0 N–H and O–H groups in total. The van der Waals surface area contributed by atoms with Gasteiger partial charge in [0.1, 0.15) is 11.6 Å². The highest BCUT2D eigenvalue weighted by Gasteiger charge is 2.14. The molecule has 1 aromatic heterocycles. The quantitative estimate of drug-likeness (QED) is 0.396. The maximum atomic E-state index is 5.43. The minimum Gasteiger partial charge on any atom is -0.497 e. The van der Waals surface area contributed by atoms with Crippen LogP contribution < -0.4 is 4.74 Å². The van der Waals surface area contributed by atoms with Crippen LogP contribution in [-0.4, -0.2) is 16.7 Å². The van der Waals surface area contributed by atoms with Crippen LogP contribution in [0.4, 0.5) is 0 Å². The largest absolute Gasteiger partial charge is 0.497 e. The molecular weight excluding hydrogens is 344 g/mol. The molecule has 28 heavy (non-hydrogen) atoms. The second kappa shape index (κ2) is 6.86. The predicted molar refractivity (Wildman–Crippen MR) is 115 cm³/mol. The van der Waals surface area contributed by atoms with E-state index < -0.39 is 0 Å². The van der Waals surface area contributed by atoms with E-state index in [0.717, 1.165) is 34.7 Å². The lowest BCUT2D eigenvalue weighted by atomic mass is 10.0. The van der Waals surface area contributed by atoms with E-state index in [9.17, 15) is 0 Å². The monoisotopic (exact) mass is 364 g/mol. The summed E-state index contributed by atoms with van der Waals surface area (Å²) in [5.41, 5.74) is 4.47. The van der Waals surface area contributed by atoms with Crippen LogP contribution in [0.3, 0.4) is 0 Å². The number of aromatic nitrogens is 2. The average molecular weight is 364 g/mol. The molecule has 0 spiro atoms. The summed E-state index contributed by atoms with van der Waals surface area (Å²) in [7, 11) is 1.69. The molecule has 0 fully saturated rings. The zero-order valence-corrected chi connectivity index (χ0v) is 15.7. The van der Waals surface area contributed by atoms with Crippen molar-refractivity contribution >= 4 is 21.8 Å². The summed E-state index contributed by atoms with van der Waals surface area (Å²) in [5, 5.41) is 2.53. The maximum Gasteiger partial charge on any atom is 0.141 e. The fourth-order valence-corrected chi connectivity index (χ4v) is 3.82. The van der Waals surface area contributed by atoms with Gasteiger partial charge in [0, 0.05) is 5.56 Å². The topological polar surface area (TPSA) is 27.1 Å². The third-order valence-corrected chi connectivity index (χ3v) is 5.19. The number of para-hydroxylation sites is 2. The number of benzene rings is 4. The third-order valence-electron chi connectivity index (χ3n) is 5.19. The van der Waals surface area contributed by atoms with Gasteiger partial charge in [0.15, 0.2) is 0 Å². The third kappa shape index (κ3) is 2.81. The Labute approximate surface area is 163 Å². The van der Waals surface area contributed by atoms with Crippen molar-refractivity contribution in [3.8, 4) is 17.1 Å². The predicted octanol–water partition coefficient (Wildman–Crippen LogP) is 5.91. The molecule has 0 aliphatic heterocycles. The summed E-state index contributed by atoms with van der Waals surface area (Å²) in [4.78, 5) is 4.94. The van der Waals surface area contributed by atoms with E-state index in [0.29, 0.717) is 0 Å². The van der Waals surface area contributed by atoms with Gasteiger partial charge in [-0.2, -0.15) is 0 Å². The van der Waals surface area contributed by atoms with Crippen LogP contribution >= 0.6 is 0 Å². The van der Waals surface area contributed by atoms with E-state index in [1.54, 1.807) is 7.11 Å². The highest BCUT2D eigenvalue weighted by molar-refractivity contribution is 5.86. The highest BCUT2D eigenvalue weighted by Crippen LogP contribution is 2.29. The van der Waals surface area contributed by atoms with E-state index in [2.05, 4.69) is 71.3 Å². The number of hydrogen-bond acceptors (Lipinski definition) is 2. The molecule has 3 nitrogen and oxygen atoms in total. The second-order valence-electron chi connectivity index (χ2n) is 6.88. The van der Waals surface area contributed by atoms with E-state index in [1.807, 2.05) is 24.3 Å². The summed E-state index contributed by atoms with van der Waals surface area (Å²) in [5.74, 6) is 1.79. The van der Waals surface area contributed by atoms with Crippen LogP contribution in [0.5, 0.6) is 5.75 Å². The maximum absolute atomic E-state index is 5.43. The molecule has 5 rings (SSSR count). The molecule has 0 aliphatic carbocycles. The Balaban J connectivity index is 1.71. The molecule has 0 amide bonds. The first-order valence-corrected chi connectivity index (χ1v) is 9.40. The molecule has 0 unspecified atom stereocenters. The fourth-order valence-electron chi connectivity index (χ4n) is 3.82. The van der Waals surface area contributed by atoms with Crippen LogP contribution in [-0.2, 0) is 6.54 Å². The van der Waals surface area contributed by atoms with Gasteiger partial charge in [-0.25, -0.2) is 4.98 Å². The fraction of sp³-hybridized carbons (Fsp3) is 0.0800. The van der Waals surface area contributed by atoms with Crippen molar-refractivity contribution in [1.82, 2.24) is 9.55 Å². The Morgan fingerprint density at radius 3 is 2.54 bits per heavy atom. The smallest absolute Gasteiger partial charge is 0.141 e. The second-order valence-corrected chi connectivity index (χ2v) is 6.88. The van der Waals surface area contributed by atoms with Gasteiger partial charge in [-0.1, -0.05) is 66.7 Å².